The number of hydrogen-bond donors (Lipinski definition) is 2. The van der Waals surface area contributed by atoms with E-state index in [0.717, 1.165) is 12.1 Å². The second-order valence-electron chi connectivity index (χ2n) is 3.97. The second kappa shape index (κ2) is 5.94. The van der Waals surface area contributed by atoms with Crippen molar-refractivity contribution in [3.8, 4) is 0 Å². The van der Waals surface area contributed by atoms with Crippen LogP contribution in [-0.4, -0.2) is 25.5 Å². The maximum absolute atomic E-state index is 13.5. The van der Waals surface area contributed by atoms with Crippen LogP contribution in [0, 0.1) is 12.7 Å². The molecule has 7 heteroatoms. The van der Waals surface area contributed by atoms with E-state index in [4.69, 9.17) is 5.11 Å². The van der Waals surface area contributed by atoms with E-state index in [0.29, 0.717) is 5.56 Å². The molecule has 0 fully saturated rings. The van der Waals surface area contributed by atoms with Gasteiger partial charge in [0.25, 0.3) is 0 Å². The molecule has 0 heterocycles. The number of benzene rings is 1. The number of nitrogens with one attached hydrogen (secondary N) is 1. The number of carboxylic acid groups (broad SMARTS) is 1. The molecule has 0 aliphatic heterocycles. The lowest BCUT2D eigenvalue weighted by Crippen LogP contribution is -2.40. The highest BCUT2D eigenvalue weighted by Crippen LogP contribution is 2.16. The molecule has 0 saturated heterocycles. The van der Waals surface area contributed by atoms with Crippen molar-refractivity contribution in [3.05, 3.63) is 42.2 Å². The van der Waals surface area contributed by atoms with Gasteiger partial charge in [-0.2, -0.15) is 4.72 Å². The van der Waals surface area contributed by atoms with E-state index in [9.17, 15) is 17.6 Å². The Kier molecular flexibility index (Phi) is 4.79. The van der Waals surface area contributed by atoms with E-state index in [1.54, 1.807) is 6.92 Å². The third-order valence-corrected chi connectivity index (χ3v) is 3.86. The highest BCUT2D eigenvalue weighted by Gasteiger charge is 2.26. The normalized spacial score (nSPS) is 12.9. The van der Waals surface area contributed by atoms with Crippen molar-refractivity contribution in [3.63, 3.8) is 0 Å². The van der Waals surface area contributed by atoms with Crippen LogP contribution >= 0.6 is 0 Å². The summed E-state index contributed by atoms with van der Waals surface area (Å²) in [6, 6.07) is 2.21. The minimum Gasteiger partial charge on any atom is -0.480 e. The third-order valence-electron chi connectivity index (χ3n) is 2.37. The molecule has 5 nitrogen and oxygen atoms in total. The molecule has 0 aliphatic rings. The summed E-state index contributed by atoms with van der Waals surface area (Å²) in [5.74, 6) is -2.28. The number of carboxylic acids is 1. The molecule has 0 radical (unpaired) electrons. The first kappa shape index (κ1) is 15.3. The van der Waals surface area contributed by atoms with Gasteiger partial charge in [0.1, 0.15) is 16.8 Å². The van der Waals surface area contributed by atoms with Gasteiger partial charge >= 0.3 is 5.97 Å². The van der Waals surface area contributed by atoms with Gasteiger partial charge in [-0.3, -0.25) is 4.79 Å². The van der Waals surface area contributed by atoms with Gasteiger partial charge in [-0.25, -0.2) is 12.8 Å². The van der Waals surface area contributed by atoms with Crippen LogP contribution in [0.5, 0.6) is 0 Å². The monoisotopic (exact) mass is 287 g/mol. The van der Waals surface area contributed by atoms with Crippen molar-refractivity contribution in [1.82, 2.24) is 4.72 Å². The van der Waals surface area contributed by atoms with Gasteiger partial charge < -0.3 is 5.11 Å². The number of hydrogen-bond acceptors (Lipinski definition) is 3. The molecule has 1 aromatic carbocycles. The van der Waals surface area contributed by atoms with Crippen LogP contribution in [0.15, 0.2) is 35.7 Å². The van der Waals surface area contributed by atoms with Gasteiger partial charge in [0.2, 0.25) is 10.0 Å². The van der Waals surface area contributed by atoms with E-state index in [2.05, 4.69) is 6.58 Å². The first-order valence-corrected chi connectivity index (χ1v) is 6.88. The Bertz CT molecular complexity index is 598. The van der Waals surface area contributed by atoms with Gasteiger partial charge in [0, 0.05) is 0 Å². The minimum atomic E-state index is -4.23. The summed E-state index contributed by atoms with van der Waals surface area (Å²) in [5, 5.41) is 8.87. The molecule has 1 aromatic rings. The van der Waals surface area contributed by atoms with Crippen LogP contribution in [0.4, 0.5) is 4.39 Å². The fourth-order valence-electron chi connectivity index (χ4n) is 1.43. The quantitative estimate of drug-likeness (QED) is 0.775. The molecule has 1 rings (SSSR count). The molecule has 0 amide bonds. The standard InChI is InChI=1S/C12H14FNO4S/c1-3-4-10(12(15)16)14-19(17,18)11-7-8(2)5-6-9(11)13/h3,5-7,10,14H,1,4H2,2H3,(H,15,16). The minimum absolute atomic E-state index is 0.0952. The Balaban J connectivity index is 3.13. The molecular weight excluding hydrogens is 273 g/mol. The summed E-state index contributed by atoms with van der Waals surface area (Å²) in [6.07, 6.45) is 1.18. The largest absolute Gasteiger partial charge is 0.480 e. The number of aryl methyl sites for hydroxylation is 1. The summed E-state index contributed by atoms with van der Waals surface area (Å²) >= 11 is 0. The van der Waals surface area contributed by atoms with Crippen LogP contribution in [-0.2, 0) is 14.8 Å². The molecule has 1 atom stereocenters. The Labute approximate surface area is 110 Å². The molecule has 0 aliphatic carbocycles. The van der Waals surface area contributed by atoms with Crippen molar-refractivity contribution in [1.29, 1.82) is 0 Å². The SMILES string of the molecule is C=CCC(NS(=O)(=O)c1cc(C)ccc1F)C(=O)O. The Hall–Kier alpha value is -1.73. The molecule has 2 N–H and O–H groups in total. The summed E-state index contributed by atoms with van der Waals surface area (Å²) in [6.45, 7) is 4.95. The van der Waals surface area contributed by atoms with Crippen LogP contribution in [0.2, 0.25) is 0 Å². The molecule has 0 saturated carbocycles. The molecule has 1 unspecified atom stereocenters. The lowest BCUT2D eigenvalue weighted by atomic mass is 10.2. The van der Waals surface area contributed by atoms with E-state index >= 15 is 0 Å². The fourth-order valence-corrected chi connectivity index (χ4v) is 2.80. The van der Waals surface area contributed by atoms with Crippen molar-refractivity contribution in [2.75, 3.05) is 0 Å². The average molecular weight is 287 g/mol. The van der Waals surface area contributed by atoms with Crippen LogP contribution in [0.1, 0.15) is 12.0 Å². The lowest BCUT2D eigenvalue weighted by Gasteiger charge is -2.13. The predicted octanol–water partition coefficient (Wildman–Crippen LogP) is 1.44. The van der Waals surface area contributed by atoms with E-state index in [1.807, 2.05) is 4.72 Å². The number of rotatable bonds is 6. The van der Waals surface area contributed by atoms with Crippen molar-refractivity contribution >= 4 is 16.0 Å². The molecule has 0 spiro atoms. The predicted molar refractivity (Wildman–Crippen MR) is 67.7 cm³/mol. The van der Waals surface area contributed by atoms with Gasteiger partial charge in [0.05, 0.1) is 0 Å². The van der Waals surface area contributed by atoms with Gasteiger partial charge in [-0.05, 0) is 31.0 Å². The highest BCUT2D eigenvalue weighted by molar-refractivity contribution is 7.89. The number of sulfonamides is 1. The van der Waals surface area contributed by atoms with Crippen molar-refractivity contribution in [2.24, 2.45) is 0 Å². The summed E-state index contributed by atoms with van der Waals surface area (Å²) in [7, 11) is -4.23. The Morgan fingerprint density at radius 1 is 1.58 bits per heavy atom. The second-order valence-corrected chi connectivity index (χ2v) is 5.65. The Morgan fingerprint density at radius 3 is 2.74 bits per heavy atom. The maximum Gasteiger partial charge on any atom is 0.322 e. The maximum atomic E-state index is 13.5. The zero-order valence-corrected chi connectivity index (χ0v) is 11.1. The summed E-state index contributed by atoms with van der Waals surface area (Å²) in [5.41, 5.74) is 0.553. The van der Waals surface area contributed by atoms with Gasteiger partial charge in [-0.15, -0.1) is 6.58 Å². The van der Waals surface area contributed by atoms with Crippen LogP contribution < -0.4 is 4.72 Å². The first-order chi connectivity index (χ1) is 8.77. The topological polar surface area (TPSA) is 83.5 Å². The van der Waals surface area contributed by atoms with Gasteiger partial charge in [-0.1, -0.05) is 12.1 Å². The first-order valence-electron chi connectivity index (χ1n) is 5.40. The van der Waals surface area contributed by atoms with Crippen LogP contribution in [0.25, 0.3) is 0 Å². The number of aliphatic carboxylic acids is 1. The van der Waals surface area contributed by atoms with E-state index in [-0.39, 0.29) is 6.42 Å². The summed E-state index contributed by atoms with van der Waals surface area (Å²) in [4.78, 5) is 10.3. The average Bonchev–Trinajstić information content (AvgIpc) is 2.31. The van der Waals surface area contributed by atoms with Crippen LogP contribution in [0.3, 0.4) is 0 Å². The molecule has 104 valence electrons. The number of carbonyl (C=O) groups is 1. The zero-order chi connectivity index (χ0) is 14.6. The van der Waals surface area contributed by atoms with Gasteiger partial charge in [0.15, 0.2) is 0 Å². The van der Waals surface area contributed by atoms with Crippen molar-refractivity contribution in [2.45, 2.75) is 24.3 Å². The number of halogens is 1. The molecule has 0 bridgehead atoms. The molecule has 19 heavy (non-hydrogen) atoms. The smallest absolute Gasteiger partial charge is 0.322 e. The fraction of sp³-hybridized carbons (Fsp3) is 0.250. The van der Waals surface area contributed by atoms with E-state index < -0.39 is 32.7 Å². The molecular formula is C12H14FNO4S. The molecule has 0 aromatic heterocycles. The zero-order valence-electron chi connectivity index (χ0n) is 10.3. The lowest BCUT2D eigenvalue weighted by molar-refractivity contribution is -0.138. The van der Waals surface area contributed by atoms with E-state index in [1.165, 1.54) is 12.1 Å². The third kappa shape index (κ3) is 3.87. The summed E-state index contributed by atoms with van der Waals surface area (Å²) < 4.78 is 39.3. The highest BCUT2D eigenvalue weighted by atomic mass is 32.2. The van der Waals surface area contributed by atoms with Crippen molar-refractivity contribution < 1.29 is 22.7 Å². The Morgan fingerprint density at radius 2 is 2.21 bits per heavy atom.